The Morgan fingerprint density at radius 2 is 1.06 bits per heavy atom. The van der Waals surface area contributed by atoms with Crippen LogP contribution in [-0.2, 0) is 16.2 Å². The first-order chi connectivity index (χ1) is 30.0. The zero-order chi connectivity index (χ0) is 44.3. The van der Waals surface area contributed by atoms with Gasteiger partial charge in [0.05, 0.1) is 17.7 Å². The second kappa shape index (κ2) is 15.6. The molecule has 0 aliphatic carbocycles. The summed E-state index contributed by atoms with van der Waals surface area (Å²) in [6.07, 6.45) is 4.28. The number of hydrogen-bond donors (Lipinski definition) is 0. The number of hydrogen-bond acceptors (Lipinski definition) is 4. The molecule has 0 N–H and O–H groups in total. The number of fused-ring (bicyclic) bond motifs is 3. The molecule has 63 heavy (non-hydrogen) atoms. The molecule has 318 valence electrons. The van der Waals surface area contributed by atoms with E-state index in [9.17, 15) is 0 Å². The summed E-state index contributed by atoms with van der Waals surface area (Å²) in [5.41, 5.74) is 11.4. The van der Waals surface area contributed by atoms with Crippen LogP contribution in [0.1, 0.15) is 97.1 Å². The first kappa shape index (κ1) is 41.7. The van der Waals surface area contributed by atoms with Crippen LogP contribution in [0.2, 0.25) is 0 Å². The number of aromatic nitrogens is 2. The van der Waals surface area contributed by atoms with Crippen molar-refractivity contribution in [2.75, 3.05) is 16.5 Å². The Balaban J connectivity index is 1.09. The number of nitrogens with zero attached hydrogens (tertiary/aromatic N) is 4. The Morgan fingerprint density at radius 3 is 1.73 bits per heavy atom. The van der Waals surface area contributed by atoms with Crippen LogP contribution in [0, 0.1) is 5.41 Å². The average molecular weight is 829 g/mol. The Morgan fingerprint density at radius 1 is 0.460 bits per heavy atom. The Hall–Kier alpha value is -6.59. The summed E-state index contributed by atoms with van der Waals surface area (Å²) in [6.45, 7) is 23.6. The Labute approximate surface area is 374 Å². The summed E-state index contributed by atoms with van der Waals surface area (Å²) < 4.78 is 9.24. The molecule has 0 bridgehead atoms. The molecule has 0 saturated carbocycles. The number of pyridine rings is 1. The molecule has 5 nitrogen and oxygen atoms in total. The van der Waals surface area contributed by atoms with E-state index in [-0.39, 0.29) is 21.7 Å². The third kappa shape index (κ3) is 7.90. The lowest BCUT2D eigenvalue weighted by Gasteiger charge is -2.33. The molecular formula is C58H60N4O. The van der Waals surface area contributed by atoms with Crippen LogP contribution in [0.4, 0.5) is 11.4 Å². The fourth-order valence-electron chi connectivity index (χ4n) is 9.13. The van der Waals surface area contributed by atoms with Crippen LogP contribution >= 0.6 is 0 Å². The first-order valence-electron chi connectivity index (χ1n) is 22.3. The van der Waals surface area contributed by atoms with Gasteiger partial charge in [-0.1, -0.05) is 160 Å². The average Bonchev–Trinajstić information content (AvgIpc) is 3.88. The predicted octanol–water partition coefficient (Wildman–Crippen LogP) is 15.1. The highest BCUT2D eigenvalue weighted by Crippen LogP contribution is 2.43. The summed E-state index contributed by atoms with van der Waals surface area (Å²) in [5, 5.41) is 2.34. The molecule has 8 aromatic rings. The van der Waals surface area contributed by atoms with Crippen LogP contribution < -0.4 is 14.5 Å². The van der Waals surface area contributed by atoms with E-state index in [4.69, 9.17) is 9.72 Å². The highest BCUT2D eigenvalue weighted by atomic mass is 16.5. The minimum atomic E-state index is -0.208. The summed E-state index contributed by atoms with van der Waals surface area (Å²) in [6, 6.07) is 56.8. The van der Waals surface area contributed by atoms with Gasteiger partial charge in [0.2, 0.25) is 0 Å². The van der Waals surface area contributed by atoms with Gasteiger partial charge < -0.3 is 14.5 Å². The maximum absolute atomic E-state index is 6.95. The van der Waals surface area contributed by atoms with Crippen LogP contribution in [0.3, 0.4) is 0 Å². The summed E-state index contributed by atoms with van der Waals surface area (Å²) in [4.78, 5) is 9.85. The smallest absolute Gasteiger partial charge is 0.137 e. The van der Waals surface area contributed by atoms with E-state index in [1.165, 1.54) is 44.6 Å². The zero-order valence-corrected chi connectivity index (χ0v) is 38.6. The molecule has 0 atom stereocenters. The lowest BCUT2D eigenvalue weighted by Crippen LogP contribution is -2.31. The molecule has 3 heterocycles. The maximum atomic E-state index is 6.95. The van der Waals surface area contributed by atoms with Gasteiger partial charge in [0, 0.05) is 68.6 Å². The fraction of sp³-hybridized carbons (Fsp3) is 0.259. The van der Waals surface area contributed by atoms with Gasteiger partial charge in [-0.05, 0) is 87.8 Å². The van der Waals surface area contributed by atoms with Gasteiger partial charge >= 0.3 is 0 Å². The minimum absolute atomic E-state index is 0.0970. The van der Waals surface area contributed by atoms with Gasteiger partial charge in [-0.25, -0.2) is 4.98 Å². The van der Waals surface area contributed by atoms with E-state index < -0.39 is 0 Å². The largest absolute Gasteiger partial charge is 0.457 e. The lowest BCUT2D eigenvalue weighted by molar-refractivity contribution is 0.479. The lowest BCUT2D eigenvalue weighted by atomic mass is 9.78. The summed E-state index contributed by atoms with van der Waals surface area (Å²) in [5.74, 6) is 2.46. The molecule has 0 saturated heterocycles. The molecule has 9 rings (SSSR count). The van der Waals surface area contributed by atoms with Crippen molar-refractivity contribution in [2.24, 2.45) is 5.41 Å². The predicted molar refractivity (Wildman–Crippen MR) is 265 cm³/mol. The maximum Gasteiger partial charge on any atom is 0.137 e. The minimum Gasteiger partial charge on any atom is -0.457 e. The van der Waals surface area contributed by atoms with Crippen molar-refractivity contribution in [3.05, 3.63) is 204 Å². The molecular weight excluding hydrogens is 769 g/mol. The molecule has 6 aromatic carbocycles. The van der Waals surface area contributed by atoms with Crippen molar-refractivity contribution in [1.82, 2.24) is 9.55 Å². The molecule has 0 amide bonds. The van der Waals surface area contributed by atoms with Crippen LogP contribution in [0.5, 0.6) is 11.5 Å². The Bertz CT molecular complexity index is 2980. The van der Waals surface area contributed by atoms with Gasteiger partial charge in [-0.2, -0.15) is 0 Å². The van der Waals surface area contributed by atoms with E-state index in [0.29, 0.717) is 6.67 Å². The SMILES string of the molecule is CC(C)(C)C1=CN(c2cc(Oc3ccc4c5ccccc5n(-c5cc(C(C)(C)c6ccccc6)ccn5)c4c3)cc(C(C)(C)C)c2)CN1c1cccc(C(C)(C)c2ccccc2)c1. The Kier molecular flexibility index (Phi) is 10.4. The van der Waals surface area contributed by atoms with Crippen molar-refractivity contribution < 1.29 is 4.74 Å². The first-order valence-corrected chi connectivity index (χ1v) is 22.3. The van der Waals surface area contributed by atoms with Gasteiger partial charge in [0.15, 0.2) is 0 Å². The van der Waals surface area contributed by atoms with Gasteiger partial charge in [0.25, 0.3) is 0 Å². The molecule has 0 fully saturated rings. The monoisotopic (exact) mass is 828 g/mol. The normalized spacial score (nSPS) is 13.8. The standard InChI is InChI=1S/C58H60N4O/c1-55(2,3)44-33-46(60-38-53(56(4,5)6)61(39-60)45-25-19-24-42(32-45)57(7,8)40-20-13-11-14-21-40)36-48(34-44)63-47-28-29-50-49-26-17-18-27-51(49)62(52(50)37-47)54-35-43(30-31-59-54)58(9,10)41-22-15-12-16-23-41/h11-38H,39H2,1-10H3. The number of para-hydroxylation sites is 1. The van der Waals surface area contributed by atoms with Crippen molar-refractivity contribution in [3.63, 3.8) is 0 Å². The molecule has 0 radical (unpaired) electrons. The van der Waals surface area contributed by atoms with Gasteiger partial charge in [-0.3, -0.25) is 4.57 Å². The second-order valence-corrected chi connectivity index (χ2v) is 20.3. The van der Waals surface area contributed by atoms with Crippen LogP contribution in [-0.4, -0.2) is 16.2 Å². The van der Waals surface area contributed by atoms with Crippen molar-refractivity contribution >= 4 is 33.2 Å². The van der Waals surface area contributed by atoms with Gasteiger partial charge in [0.1, 0.15) is 17.3 Å². The second-order valence-electron chi connectivity index (χ2n) is 20.3. The van der Waals surface area contributed by atoms with E-state index >= 15 is 0 Å². The number of ether oxygens (including phenoxy) is 1. The zero-order valence-electron chi connectivity index (χ0n) is 38.6. The van der Waals surface area contributed by atoms with Crippen molar-refractivity contribution in [1.29, 1.82) is 0 Å². The molecule has 1 aliphatic rings. The quantitative estimate of drug-likeness (QED) is 0.145. The topological polar surface area (TPSA) is 33.5 Å². The van der Waals surface area contributed by atoms with Crippen LogP contribution in [0.25, 0.3) is 27.6 Å². The van der Waals surface area contributed by atoms with Crippen molar-refractivity contribution in [2.45, 2.75) is 85.5 Å². The van der Waals surface area contributed by atoms with Crippen LogP contribution in [0.15, 0.2) is 176 Å². The summed E-state index contributed by atoms with van der Waals surface area (Å²) in [7, 11) is 0. The highest BCUT2D eigenvalue weighted by Gasteiger charge is 2.33. The third-order valence-corrected chi connectivity index (χ3v) is 13.2. The van der Waals surface area contributed by atoms with Gasteiger partial charge in [-0.15, -0.1) is 0 Å². The van der Waals surface area contributed by atoms with E-state index in [2.05, 4.69) is 248 Å². The molecule has 1 aliphatic heterocycles. The van der Waals surface area contributed by atoms with Crippen molar-refractivity contribution in [3.8, 4) is 17.3 Å². The third-order valence-electron chi connectivity index (χ3n) is 13.2. The molecule has 5 heteroatoms. The molecule has 2 aromatic heterocycles. The van der Waals surface area contributed by atoms with E-state index in [1.807, 2.05) is 6.20 Å². The van der Waals surface area contributed by atoms with E-state index in [0.717, 1.165) is 39.4 Å². The fourth-order valence-corrected chi connectivity index (χ4v) is 9.13. The number of rotatable bonds is 9. The number of benzene rings is 6. The molecule has 0 spiro atoms. The highest BCUT2D eigenvalue weighted by molar-refractivity contribution is 6.09. The summed E-state index contributed by atoms with van der Waals surface area (Å²) >= 11 is 0. The molecule has 0 unspecified atom stereocenters. The van der Waals surface area contributed by atoms with E-state index in [1.54, 1.807) is 0 Å². The number of anilines is 2. The number of allylic oxidation sites excluding steroid dienone is 1.